The second kappa shape index (κ2) is 7.39. The minimum Gasteiger partial charge on any atom is -0.310 e. The number of rotatable bonds is 5. The normalized spacial score (nSPS) is 12.4. The van der Waals surface area contributed by atoms with Gasteiger partial charge >= 0.3 is 0 Å². The minimum atomic E-state index is 0.330. The van der Waals surface area contributed by atoms with Gasteiger partial charge in [-0.15, -0.1) is 0 Å². The number of halogens is 2. The first-order valence-electron chi connectivity index (χ1n) is 6.84. The van der Waals surface area contributed by atoms with E-state index in [0.717, 1.165) is 17.4 Å². The minimum absolute atomic E-state index is 0.330. The van der Waals surface area contributed by atoms with Crippen molar-refractivity contribution in [1.29, 1.82) is 0 Å². The van der Waals surface area contributed by atoms with E-state index in [1.807, 2.05) is 0 Å². The van der Waals surface area contributed by atoms with E-state index in [9.17, 15) is 0 Å². The number of aryl methyl sites for hydroxylation is 1. The van der Waals surface area contributed by atoms with Crippen molar-refractivity contribution in [3.63, 3.8) is 0 Å². The van der Waals surface area contributed by atoms with Gasteiger partial charge in [0.05, 0.1) is 0 Å². The third-order valence-electron chi connectivity index (χ3n) is 3.33. The van der Waals surface area contributed by atoms with E-state index in [-0.39, 0.29) is 0 Å². The van der Waals surface area contributed by atoms with E-state index >= 15 is 0 Å². The Bertz CT molecular complexity index is 564. The van der Waals surface area contributed by atoms with Crippen LogP contribution < -0.4 is 5.32 Å². The molecule has 0 radical (unpaired) electrons. The molecule has 0 aromatic heterocycles. The standard InChI is InChI=1S/C17H19Br2N/c1-3-20-17(11-13-5-7-14(18)8-6-13)15-9-4-12(2)10-16(15)19/h4-10,17,20H,3,11H2,1-2H3. The summed E-state index contributed by atoms with van der Waals surface area (Å²) in [6, 6.07) is 15.5. The van der Waals surface area contributed by atoms with Gasteiger partial charge in [-0.25, -0.2) is 0 Å². The van der Waals surface area contributed by atoms with Crippen LogP contribution in [0.3, 0.4) is 0 Å². The Kier molecular flexibility index (Phi) is 5.82. The maximum absolute atomic E-state index is 3.70. The topological polar surface area (TPSA) is 12.0 Å². The van der Waals surface area contributed by atoms with Crippen LogP contribution >= 0.6 is 31.9 Å². The molecule has 3 heteroatoms. The van der Waals surface area contributed by atoms with E-state index in [1.54, 1.807) is 0 Å². The highest BCUT2D eigenvalue weighted by Crippen LogP contribution is 2.27. The Labute approximate surface area is 138 Å². The van der Waals surface area contributed by atoms with Crippen molar-refractivity contribution in [3.05, 3.63) is 68.1 Å². The lowest BCUT2D eigenvalue weighted by Gasteiger charge is -2.20. The molecule has 0 spiro atoms. The monoisotopic (exact) mass is 395 g/mol. The van der Waals surface area contributed by atoms with Crippen LogP contribution in [0.2, 0.25) is 0 Å². The number of likely N-dealkylation sites (N-methyl/N-ethyl adjacent to an activating group) is 1. The average molecular weight is 397 g/mol. The Hall–Kier alpha value is -0.640. The molecule has 1 unspecified atom stereocenters. The van der Waals surface area contributed by atoms with E-state index in [2.05, 4.69) is 93.5 Å². The summed E-state index contributed by atoms with van der Waals surface area (Å²) in [6.07, 6.45) is 0.989. The maximum Gasteiger partial charge on any atom is 0.0372 e. The molecule has 20 heavy (non-hydrogen) atoms. The third-order valence-corrected chi connectivity index (χ3v) is 4.55. The molecule has 0 aliphatic rings. The van der Waals surface area contributed by atoms with Crippen LogP contribution in [0.25, 0.3) is 0 Å². The Balaban J connectivity index is 2.24. The Morgan fingerprint density at radius 3 is 2.35 bits per heavy atom. The first-order valence-corrected chi connectivity index (χ1v) is 8.42. The lowest BCUT2D eigenvalue weighted by Crippen LogP contribution is -2.23. The highest BCUT2D eigenvalue weighted by molar-refractivity contribution is 9.10. The van der Waals surface area contributed by atoms with Crippen molar-refractivity contribution in [3.8, 4) is 0 Å². The lowest BCUT2D eigenvalue weighted by atomic mass is 9.98. The molecule has 0 aliphatic heterocycles. The van der Waals surface area contributed by atoms with Gasteiger partial charge in [0, 0.05) is 15.0 Å². The second-order valence-electron chi connectivity index (χ2n) is 4.97. The van der Waals surface area contributed by atoms with Crippen molar-refractivity contribution < 1.29 is 0 Å². The molecule has 2 aromatic carbocycles. The molecule has 0 aliphatic carbocycles. The highest BCUT2D eigenvalue weighted by Gasteiger charge is 2.14. The zero-order chi connectivity index (χ0) is 14.5. The molecule has 1 nitrogen and oxygen atoms in total. The third kappa shape index (κ3) is 4.18. The van der Waals surface area contributed by atoms with E-state index in [1.165, 1.54) is 21.2 Å². The maximum atomic E-state index is 3.70. The van der Waals surface area contributed by atoms with Crippen molar-refractivity contribution >= 4 is 31.9 Å². The van der Waals surface area contributed by atoms with Gasteiger partial charge in [-0.05, 0) is 54.8 Å². The first-order chi connectivity index (χ1) is 9.60. The highest BCUT2D eigenvalue weighted by atomic mass is 79.9. The molecule has 0 fully saturated rings. The number of hydrogen-bond donors (Lipinski definition) is 1. The van der Waals surface area contributed by atoms with Crippen molar-refractivity contribution in [2.45, 2.75) is 26.3 Å². The van der Waals surface area contributed by atoms with Crippen LogP contribution in [-0.2, 0) is 6.42 Å². The van der Waals surface area contributed by atoms with E-state index in [0.29, 0.717) is 6.04 Å². The van der Waals surface area contributed by atoms with Gasteiger partial charge in [0.1, 0.15) is 0 Å². The van der Waals surface area contributed by atoms with Crippen molar-refractivity contribution in [2.75, 3.05) is 6.54 Å². The predicted molar refractivity (Wildman–Crippen MR) is 93.1 cm³/mol. The summed E-state index contributed by atoms with van der Waals surface area (Å²) >= 11 is 7.18. The summed E-state index contributed by atoms with van der Waals surface area (Å²) in [5.41, 5.74) is 3.94. The van der Waals surface area contributed by atoms with Gasteiger partial charge in [-0.1, -0.05) is 63.0 Å². The zero-order valence-electron chi connectivity index (χ0n) is 11.8. The van der Waals surface area contributed by atoms with Gasteiger partial charge in [-0.3, -0.25) is 0 Å². The summed E-state index contributed by atoms with van der Waals surface area (Å²) < 4.78 is 2.30. The SMILES string of the molecule is CCNC(Cc1ccc(Br)cc1)c1ccc(C)cc1Br. The molecule has 2 rings (SSSR count). The summed E-state index contributed by atoms with van der Waals surface area (Å²) in [7, 11) is 0. The smallest absolute Gasteiger partial charge is 0.0372 e. The summed E-state index contributed by atoms with van der Waals surface area (Å²) in [5, 5.41) is 3.58. The number of nitrogens with one attached hydrogen (secondary N) is 1. The summed E-state index contributed by atoms with van der Waals surface area (Å²) in [4.78, 5) is 0. The van der Waals surface area contributed by atoms with Gasteiger partial charge < -0.3 is 5.32 Å². The average Bonchev–Trinajstić information content (AvgIpc) is 2.41. The van der Waals surface area contributed by atoms with Gasteiger partial charge in [0.15, 0.2) is 0 Å². The lowest BCUT2D eigenvalue weighted by molar-refractivity contribution is 0.548. The van der Waals surface area contributed by atoms with Crippen molar-refractivity contribution in [1.82, 2.24) is 5.32 Å². The van der Waals surface area contributed by atoms with Crippen LogP contribution in [0.15, 0.2) is 51.4 Å². The Morgan fingerprint density at radius 1 is 1.05 bits per heavy atom. The van der Waals surface area contributed by atoms with Crippen LogP contribution in [0, 0.1) is 6.92 Å². The molecule has 0 heterocycles. The second-order valence-corrected chi connectivity index (χ2v) is 6.74. The number of hydrogen-bond acceptors (Lipinski definition) is 1. The van der Waals surface area contributed by atoms with Crippen LogP contribution in [0.1, 0.15) is 29.7 Å². The number of benzene rings is 2. The van der Waals surface area contributed by atoms with Crippen molar-refractivity contribution in [2.24, 2.45) is 0 Å². The molecule has 0 saturated heterocycles. The summed E-state index contributed by atoms with van der Waals surface area (Å²) in [5.74, 6) is 0. The van der Waals surface area contributed by atoms with Crippen LogP contribution in [0.5, 0.6) is 0 Å². The molecule has 1 atom stereocenters. The largest absolute Gasteiger partial charge is 0.310 e. The van der Waals surface area contributed by atoms with Crippen LogP contribution in [0.4, 0.5) is 0 Å². The van der Waals surface area contributed by atoms with E-state index < -0.39 is 0 Å². The van der Waals surface area contributed by atoms with Gasteiger partial charge in [0.25, 0.3) is 0 Å². The molecule has 106 valence electrons. The van der Waals surface area contributed by atoms with Gasteiger partial charge in [-0.2, -0.15) is 0 Å². The molecule has 0 bridgehead atoms. The molecule has 1 N–H and O–H groups in total. The molecule has 2 aromatic rings. The molecular formula is C17H19Br2N. The summed E-state index contributed by atoms with van der Waals surface area (Å²) in [6.45, 7) is 5.23. The zero-order valence-corrected chi connectivity index (χ0v) is 15.0. The fraction of sp³-hybridized carbons (Fsp3) is 0.294. The molecule has 0 amide bonds. The molecule has 0 saturated carbocycles. The fourth-order valence-corrected chi connectivity index (χ4v) is 3.34. The quantitative estimate of drug-likeness (QED) is 0.711. The first kappa shape index (κ1) is 15.7. The van der Waals surface area contributed by atoms with Gasteiger partial charge in [0.2, 0.25) is 0 Å². The Morgan fingerprint density at radius 2 is 1.75 bits per heavy atom. The fourth-order valence-electron chi connectivity index (χ4n) is 2.31. The predicted octanol–water partition coefficient (Wildman–Crippen LogP) is 5.41. The van der Waals surface area contributed by atoms with Crippen LogP contribution in [-0.4, -0.2) is 6.54 Å². The molecular weight excluding hydrogens is 378 g/mol. The van der Waals surface area contributed by atoms with E-state index in [4.69, 9.17) is 0 Å².